The molecule has 0 bridgehead atoms. The van der Waals surface area contributed by atoms with Crippen molar-refractivity contribution >= 4 is 17.5 Å². The van der Waals surface area contributed by atoms with Crippen molar-refractivity contribution in [3.05, 3.63) is 102 Å². The van der Waals surface area contributed by atoms with Crippen LogP contribution in [0, 0.1) is 0 Å². The summed E-state index contributed by atoms with van der Waals surface area (Å²) in [6.45, 7) is 6.03. The van der Waals surface area contributed by atoms with Crippen molar-refractivity contribution in [2.75, 3.05) is 11.4 Å². The average Bonchev–Trinajstić information content (AvgIpc) is 2.74. The summed E-state index contributed by atoms with van der Waals surface area (Å²) in [6, 6.07) is 19.0. The highest BCUT2D eigenvalue weighted by atomic mass is 19.4. The van der Waals surface area contributed by atoms with Crippen LogP contribution in [-0.4, -0.2) is 22.5 Å². The number of urea groups is 1. The van der Waals surface area contributed by atoms with Gasteiger partial charge in [0.25, 0.3) is 0 Å². The Kier molecular flexibility index (Phi) is 6.74. The van der Waals surface area contributed by atoms with Gasteiger partial charge in [-0.25, -0.2) is 14.7 Å². The van der Waals surface area contributed by atoms with E-state index in [0.717, 1.165) is 16.5 Å². The van der Waals surface area contributed by atoms with Crippen LogP contribution in [0.5, 0.6) is 0 Å². The summed E-state index contributed by atoms with van der Waals surface area (Å²) in [4.78, 5) is 20.1. The molecule has 7 heteroatoms. The van der Waals surface area contributed by atoms with E-state index in [1.54, 1.807) is 37.3 Å². The van der Waals surface area contributed by atoms with Crippen LogP contribution in [0.15, 0.2) is 91.1 Å². The molecule has 0 aliphatic carbocycles. The van der Waals surface area contributed by atoms with Crippen LogP contribution in [0.25, 0.3) is 0 Å². The van der Waals surface area contributed by atoms with Crippen molar-refractivity contribution in [2.24, 2.45) is 0 Å². The molecule has 0 atom stereocenters. The number of para-hydroxylation sites is 1. The van der Waals surface area contributed by atoms with Gasteiger partial charge < -0.3 is 4.90 Å². The summed E-state index contributed by atoms with van der Waals surface area (Å²) in [6.07, 6.45) is -3.43. The number of amides is 2. The maximum absolute atomic E-state index is 13.7. The largest absolute Gasteiger partial charge is 0.419 e. The number of pyridine rings is 1. The number of halogens is 3. The highest BCUT2D eigenvalue weighted by Gasteiger charge is 2.38. The minimum absolute atomic E-state index is 0.186. The SMILES string of the molecule is C=C(C)CN(Cc1ccccc1)C(=O)N(c1ccccc1)c1ncccc1C(F)(F)F. The molecule has 0 fully saturated rings. The van der Waals surface area contributed by atoms with Crippen molar-refractivity contribution in [1.82, 2.24) is 9.88 Å². The Bertz CT molecular complexity index is 1040. The molecule has 0 radical (unpaired) electrons. The smallest absolute Gasteiger partial charge is 0.316 e. The number of carbonyl (C=O) groups excluding carboxylic acids is 1. The van der Waals surface area contributed by atoms with Gasteiger partial charge in [0.1, 0.15) is 0 Å². The van der Waals surface area contributed by atoms with Crippen molar-refractivity contribution < 1.29 is 18.0 Å². The third-order valence-electron chi connectivity index (χ3n) is 4.46. The summed E-state index contributed by atoms with van der Waals surface area (Å²) in [5.41, 5.74) is 0.857. The molecule has 1 heterocycles. The summed E-state index contributed by atoms with van der Waals surface area (Å²) >= 11 is 0. The van der Waals surface area contributed by atoms with Gasteiger partial charge in [0.15, 0.2) is 5.82 Å². The Morgan fingerprint density at radius 2 is 1.58 bits per heavy atom. The monoisotopic (exact) mass is 425 g/mol. The van der Waals surface area contributed by atoms with E-state index in [1.165, 1.54) is 17.2 Å². The predicted molar refractivity (Wildman–Crippen MR) is 115 cm³/mol. The fraction of sp³-hybridized carbons (Fsp3) is 0.167. The molecule has 1 aromatic heterocycles. The fourth-order valence-corrected chi connectivity index (χ4v) is 3.16. The number of nitrogens with zero attached hydrogens (tertiary/aromatic N) is 3. The Morgan fingerprint density at radius 1 is 0.968 bits per heavy atom. The first-order valence-corrected chi connectivity index (χ1v) is 9.62. The molecule has 0 aliphatic rings. The molecule has 4 nitrogen and oxygen atoms in total. The van der Waals surface area contributed by atoms with Crippen molar-refractivity contribution in [3.63, 3.8) is 0 Å². The number of hydrogen-bond acceptors (Lipinski definition) is 2. The molecule has 31 heavy (non-hydrogen) atoms. The van der Waals surface area contributed by atoms with Crippen LogP contribution in [0.1, 0.15) is 18.1 Å². The van der Waals surface area contributed by atoms with Gasteiger partial charge in [-0.3, -0.25) is 0 Å². The molecule has 0 unspecified atom stereocenters. The molecule has 2 amide bonds. The van der Waals surface area contributed by atoms with E-state index < -0.39 is 23.6 Å². The number of anilines is 2. The molecule has 160 valence electrons. The van der Waals surface area contributed by atoms with Gasteiger partial charge in [0.2, 0.25) is 0 Å². The van der Waals surface area contributed by atoms with Crippen molar-refractivity contribution in [3.8, 4) is 0 Å². The minimum atomic E-state index is -4.67. The van der Waals surface area contributed by atoms with Gasteiger partial charge in [-0.2, -0.15) is 13.2 Å². The third kappa shape index (κ3) is 5.51. The second-order valence-corrected chi connectivity index (χ2v) is 7.12. The lowest BCUT2D eigenvalue weighted by Gasteiger charge is -2.31. The topological polar surface area (TPSA) is 36.4 Å². The van der Waals surface area contributed by atoms with Crippen molar-refractivity contribution in [2.45, 2.75) is 19.6 Å². The Labute approximate surface area is 179 Å². The summed E-state index contributed by atoms with van der Waals surface area (Å²) in [5.74, 6) is -0.467. The van der Waals surface area contributed by atoms with Crippen LogP contribution in [0.2, 0.25) is 0 Å². The standard InChI is InChI=1S/C24H22F3N3O/c1-18(2)16-29(17-19-10-5-3-6-11-19)23(31)30(20-12-7-4-8-13-20)22-21(24(25,26)27)14-9-15-28-22/h3-15H,1,16-17H2,2H3. The zero-order valence-electron chi connectivity index (χ0n) is 17.0. The van der Waals surface area contributed by atoms with E-state index in [0.29, 0.717) is 5.57 Å². The molecule has 0 saturated carbocycles. The molecule has 0 spiro atoms. The fourth-order valence-electron chi connectivity index (χ4n) is 3.16. The molecule has 0 aliphatic heterocycles. The van der Waals surface area contributed by atoms with E-state index in [9.17, 15) is 18.0 Å². The molecule has 0 N–H and O–H groups in total. The van der Waals surface area contributed by atoms with Crippen LogP contribution in [0.3, 0.4) is 0 Å². The maximum Gasteiger partial charge on any atom is 0.419 e. The van der Waals surface area contributed by atoms with E-state index >= 15 is 0 Å². The number of rotatable bonds is 6. The Hall–Kier alpha value is -3.61. The van der Waals surface area contributed by atoms with Gasteiger partial charge in [-0.1, -0.05) is 60.7 Å². The summed E-state index contributed by atoms with van der Waals surface area (Å²) in [7, 11) is 0. The van der Waals surface area contributed by atoms with Gasteiger partial charge in [0.05, 0.1) is 11.3 Å². The van der Waals surface area contributed by atoms with Crippen LogP contribution in [0.4, 0.5) is 29.5 Å². The maximum atomic E-state index is 13.7. The van der Waals surface area contributed by atoms with Crippen molar-refractivity contribution in [1.29, 1.82) is 0 Å². The van der Waals surface area contributed by atoms with Crippen LogP contribution >= 0.6 is 0 Å². The lowest BCUT2D eigenvalue weighted by Crippen LogP contribution is -2.42. The second-order valence-electron chi connectivity index (χ2n) is 7.12. The summed E-state index contributed by atoms with van der Waals surface area (Å²) in [5, 5.41) is 0. The number of hydrogen-bond donors (Lipinski definition) is 0. The second kappa shape index (κ2) is 9.47. The van der Waals surface area contributed by atoms with E-state index in [1.807, 2.05) is 30.3 Å². The molecule has 3 aromatic rings. The van der Waals surface area contributed by atoms with Gasteiger partial charge in [0, 0.05) is 19.3 Å². The van der Waals surface area contributed by atoms with E-state index in [4.69, 9.17) is 0 Å². The highest BCUT2D eigenvalue weighted by Crippen LogP contribution is 2.38. The van der Waals surface area contributed by atoms with Crippen LogP contribution in [-0.2, 0) is 12.7 Å². The Balaban J connectivity index is 2.10. The molecular weight excluding hydrogens is 403 g/mol. The predicted octanol–water partition coefficient (Wildman–Crippen LogP) is 6.44. The zero-order valence-corrected chi connectivity index (χ0v) is 17.0. The number of benzene rings is 2. The minimum Gasteiger partial charge on any atom is -0.316 e. The van der Waals surface area contributed by atoms with E-state index in [2.05, 4.69) is 11.6 Å². The average molecular weight is 425 g/mol. The van der Waals surface area contributed by atoms with Gasteiger partial charge in [-0.05, 0) is 36.8 Å². The van der Waals surface area contributed by atoms with E-state index in [-0.39, 0.29) is 18.8 Å². The number of aromatic nitrogens is 1. The normalized spacial score (nSPS) is 11.1. The Morgan fingerprint density at radius 3 is 2.16 bits per heavy atom. The molecule has 0 saturated heterocycles. The first kappa shape index (κ1) is 22.1. The van der Waals surface area contributed by atoms with Crippen LogP contribution < -0.4 is 4.90 Å². The highest BCUT2D eigenvalue weighted by molar-refractivity contribution is 5.99. The van der Waals surface area contributed by atoms with Gasteiger partial charge in [-0.15, -0.1) is 0 Å². The summed E-state index contributed by atoms with van der Waals surface area (Å²) < 4.78 is 41.2. The van der Waals surface area contributed by atoms with Gasteiger partial charge >= 0.3 is 12.2 Å². The molecule has 3 rings (SSSR count). The number of alkyl halides is 3. The molecular formula is C24H22F3N3O. The lowest BCUT2D eigenvalue weighted by molar-refractivity contribution is -0.137. The quantitative estimate of drug-likeness (QED) is 0.426. The first-order valence-electron chi connectivity index (χ1n) is 9.62. The number of carbonyl (C=O) groups is 1. The third-order valence-corrected chi connectivity index (χ3v) is 4.46. The zero-order chi connectivity index (χ0) is 22.4. The lowest BCUT2D eigenvalue weighted by atomic mass is 10.2. The first-order chi connectivity index (χ1) is 14.8. The molecule has 2 aromatic carbocycles.